The number of sulfonamides is 1. The molecule has 5 N–H and O–H groups in total. The van der Waals surface area contributed by atoms with Gasteiger partial charge in [-0.1, -0.05) is 12.1 Å². The van der Waals surface area contributed by atoms with Gasteiger partial charge < -0.3 is 30.0 Å². The van der Waals surface area contributed by atoms with Gasteiger partial charge in [0.05, 0.1) is 16.1 Å². The van der Waals surface area contributed by atoms with Crippen molar-refractivity contribution in [3.8, 4) is 16.3 Å². The summed E-state index contributed by atoms with van der Waals surface area (Å²) in [4.78, 5) is 24.3. The van der Waals surface area contributed by atoms with Crippen LogP contribution >= 0.6 is 11.3 Å². The fourth-order valence-corrected chi connectivity index (χ4v) is 7.44. The first kappa shape index (κ1) is 28.9. The molecule has 1 fully saturated rings. The van der Waals surface area contributed by atoms with Gasteiger partial charge >= 0.3 is 5.69 Å². The first-order valence-electron chi connectivity index (χ1n) is 14.0. The van der Waals surface area contributed by atoms with Crippen LogP contribution < -0.4 is 25.4 Å². The van der Waals surface area contributed by atoms with Crippen LogP contribution in [0.15, 0.2) is 88.0 Å². The van der Waals surface area contributed by atoms with Crippen molar-refractivity contribution >= 4 is 43.8 Å². The number of pyridine rings is 1. The van der Waals surface area contributed by atoms with Crippen LogP contribution in [0, 0.1) is 0 Å². The predicted octanol–water partition coefficient (Wildman–Crippen LogP) is 3.78. The lowest BCUT2D eigenvalue weighted by atomic mass is 10.0. The number of nitrogens with zero attached hydrogens (tertiary/aromatic N) is 2. The van der Waals surface area contributed by atoms with Crippen molar-refractivity contribution in [2.75, 3.05) is 35.9 Å². The molecule has 3 aromatic heterocycles. The Bertz CT molecular complexity index is 1830. The predicted molar refractivity (Wildman–Crippen MR) is 168 cm³/mol. The van der Waals surface area contributed by atoms with E-state index in [2.05, 4.69) is 29.9 Å². The Hall–Kier alpha value is -4.17. The Morgan fingerprint density at radius 1 is 1.02 bits per heavy atom. The Morgan fingerprint density at radius 3 is 2.60 bits per heavy atom. The number of aliphatic hydroxyl groups excluding tert-OH is 1. The largest absolute Gasteiger partial charge is 0.489 e. The fraction of sp³-hybridized carbons (Fsp3) is 0.267. The standard InChI is InChI=1S/C30H32N6O5S2/c37-23(19-41-26-6-3-5-25-29(26)34-30(38)33-25)18-32-20-13-16-36(17-14-20)22-9-7-21(8-10-22)35-43(39,40)28-12-11-27(42-28)24-4-1-2-15-31-24/h1-12,15,20,23,32,35,37H,13-14,16-19H2,(H2,33,34,38)/t23-/m0/s1. The maximum absolute atomic E-state index is 13.0. The van der Waals surface area contributed by atoms with Crippen molar-refractivity contribution in [2.24, 2.45) is 0 Å². The number of hydrogen-bond acceptors (Lipinski definition) is 9. The molecule has 0 unspecified atom stereocenters. The molecule has 0 amide bonds. The molecule has 0 spiro atoms. The molecule has 2 aromatic carbocycles. The minimum Gasteiger partial charge on any atom is -0.489 e. The van der Waals surface area contributed by atoms with Crippen molar-refractivity contribution in [1.29, 1.82) is 0 Å². The number of piperidine rings is 1. The Labute approximate surface area is 252 Å². The number of thiophene rings is 1. The number of anilines is 2. The number of aliphatic hydroxyl groups is 1. The molecule has 0 bridgehead atoms. The lowest BCUT2D eigenvalue weighted by Gasteiger charge is -2.34. The van der Waals surface area contributed by atoms with Gasteiger partial charge in [-0.2, -0.15) is 0 Å². The number of rotatable bonds is 11. The van der Waals surface area contributed by atoms with E-state index in [1.54, 1.807) is 48.7 Å². The van der Waals surface area contributed by atoms with Crippen molar-refractivity contribution < 1.29 is 18.3 Å². The second-order valence-electron chi connectivity index (χ2n) is 10.4. The second kappa shape index (κ2) is 12.6. The van der Waals surface area contributed by atoms with E-state index in [4.69, 9.17) is 4.74 Å². The van der Waals surface area contributed by atoms with Crippen molar-refractivity contribution in [3.05, 3.63) is 89.5 Å². The minimum absolute atomic E-state index is 0.103. The average Bonchev–Trinajstić information content (AvgIpc) is 3.68. The molecule has 1 saturated heterocycles. The van der Waals surface area contributed by atoms with Gasteiger partial charge in [0.15, 0.2) is 0 Å². The van der Waals surface area contributed by atoms with Gasteiger partial charge in [-0.3, -0.25) is 9.71 Å². The molecule has 1 atom stereocenters. The number of aromatic amines is 2. The van der Waals surface area contributed by atoms with E-state index < -0.39 is 16.1 Å². The van der Waals surface area contributed by atoms with Crippen LogP contribution in [0.4, 0.5) is 11.4 Å². The summed E-state index contributed by atoms with van der Waals surface area (Å²) in [6.45, 7) is 2.17. The van der Waals surface area contributed by atoms with Gasteiger partial charge in [0.2, 0.25) is 0 Å². The van der Waals surface area contributed by atoms with Crippen molar-refractivity contribution in [2.45, 2.75) is 29.2 Å². The highest BCUT2D eigenvalue weighted by molar-refractivity contribution is 7.94. The minimum atomic E-state index is -3.71. The van der Waals surface area contributed by atoms with Gasteiger partial charge in [-0.25, -0.2) is 13.2 Å². The summed E-state index contributed by atoms with van der Waals surface area (Å²) in [5.74, 6) is 0.517. The zero-order chi connectivity index (χ0) is 29.8. The number of aromatic nitrogens is 3. The summed E-state index contributed by atoms with van der Waals surface area (Å²) in [6.07, 6.45) is 2.79. The number of hydrogen-bond donors (Lipinski definition) is 5. The van der Waals surface area contributed by atoms with Crippen LogP contribution in [0.1, 0.15) is 12.8 Å². The van der Waals surface area contributed by atoms with Crippen molar-refractivity contribution in [3.63, 3.8) is 0 Å². The normalized spacial score (nSPS) is 15.0. The van der Waals surface area contributed by atoms with Crippen LogP contribution in [0.3, 0.4) is 0 Å². The molecule has 6 rings (SSSR count). The van der Waals surface area contributed by atoms with Gasteiger partial charge in [0.25, 0.3) is 10.0 Å². The van der Waals surface area contributed by atoms with Crippen molar-refractivity contribution in [1.82, 2.24) is 20.3 Å². The molecular weight excluding hydrogens is 589 g/mol. The lowest BCUT2D eigenvalue weighted by Crippen LogP contribution is -2.45. The maximum atomic E-state index is 13.0. The third kappa shape index (κ3) is 6.91. The Balaban J connectivity index is 0.956. The first-order chi connectivity index (χ1) is 20.8. The summed E-state index contributed by atoms with van der Waals surface area (Å²) in [7, 11) is -3.71. The zero-order valence-corrected chi connectivity index (χ0v) is 24.8. The monoisotopic (exact) mass is 620 g/mol. The second-order valence-corrected chi connectivity index (χ2v) is 13.4. The number of benzene rings is 2. The van der Waals surface area contributed by atoms with Gasteiger partial charge in [0.1, 0.15) is 28.2 Å². The van der Waals surface area contributed by atoms with Crippen LogP contribution in [-0.4, -0.2) is 66.9 Å². The molecular formula is C30H32N6O5S2. The third-order valence-corrected chi connectivity index (χ3v) is 10.3. The van der Waals surface area contributed by atoms with Crippen LogP contribution in [0.5, 0.6) is 5.75 Å². The lowest BCUT2D eigenvalue weighted by molar-refractivity contribution is 0.103. The summed E-state index contributed by atoms with van der Waals surface area (Å²) in [6, 6.07) is 21.9. The summed E-state index contributed by atoms with van der Waals surface area (Å²) < 4.78 is 34.6. The molecule has 0 saturated carbocycles. The summed E-state index contributed by atoms with van der Waals surface area (Å²) >= 11 is 1.18. The highest BCUT2D eigenvalue weighted by Crippen LogP contribution is 2.31. The number of fused-ring (bicyclic) bond motifs is 1. The van der Waals surface area contributed by atoms with E-state index in [1.165, 1.54) is 11.3 Å². The third-order valence-electron chi connectivity index (χ3n) is 7.33. The smallest absolute Gasteiger partial charge is 0.323 e. The maximum Gasteiger partial charge on any atom is 0.323 e. The SMILES string of the molecule is O=c1[nH]c2cccc(OC[C@@H](O)CNC3CCN(c4ccc(NS(=O)(=O)c5ccc(-c6ccccn6)s5)cc4)CC3)c2[nH]1. The number of ether oxygens (including phenoxy) is 1. The molecule has 5 aromatic rings. The Morgan fingerprint density at radius 2 is 1.84 bits per heavy atom. The summed E-state index contributed by atoms with van der Waals surface area (Å²) in [5.41, 5.74) is 3.22. The molecule has 4 heterocycles. The van der Waals surface area contributed by atoms with Crippen LogP contribution in [-0.2, 0) is 10.0 Å². The highest BCUT2D eigenvalue weighted by atomic mass is 32.2. The number of nitrogens with one attached hydrogen (secondary N) is 4. The van der Waals surface area contributed by atoms with E-state index in [0.29, 0.717) is 29.0 Å². The van der Waals surface area contributed by atoms with E-state index in [9.17, 15) is 18.3 Å². The Kier molecular flexibility index (Phi) is 8.47. The molecule has 13 heteroatoms. The molecule has 0 radical (unpaired) electrons. The number of imidazole rings is 1. The van der Waals surface area contributed by atoms with E-state index in [0.717, 1.165) is 42.2 Å². The van der Waals surface area contributed by atoms with Gasteiger partial charge in [0, 0.05) is 43.2 Å². The first-order valence-corrected chi connectivity index (χ1v) is 16.3. The highest BCUT2D eigenvalue weighted by Gasteiger charge is 2.21. The van der Waals surface area contributed by atoms with Crippen LogP contribution in [0.25, 0.3) is 21.6 Å². The molecule has 43 heavy (non-hydrogen) atoms. The van der Waals surface area contributed by atoms with Gasteiger partial charge in [-0.05, 0) is 73.5 Å². The summed E-state index contributed by atoms with van der Waals surface area (Å²) in [5, 5.41) is 13.9. The number of para-hydroxylation sites is 1. The molecule has 1 aliphatic heterocycles. The quantitative estimate of drug-likeness (QED) is 0.150. The fourth-order valence-electron chi connectivity index (χ4n) is 5.10. The molecule has 1 aliphatic rings. The zero-order valence-electron chi connectivity index (χ0n) is 23.2. The number of H-pyrrole nitrogens is 2. The van der Waals surface area contributed by atoms with E-state index in [-0.39, 0.29) is 22.5 Å². The van der Waals surface area contributed by atoms with Gasteiger partial charge in [-0.15, -0.1) is 11.3 Å². The molecule has 224 valence electrons. The topological polar surface area (TPSA) is 152 Å². The van der Waals surface area contributed by atoms with E-state index >= 15 is 0 Å². The molecule has 0 aliphatic carbocycles. The van der Waals surface area contributed by atoms with E-state index in [1.807, 2.05) is 30.3 Å². The average molecular weight is 621 g/mol. The van der Waals surface area contributed by atoms with Crippen LogP contribution in [0.2, 0.25) is 0 Å². The molecule has 11 nitrogen and oxygen atoms in total.